The summed E-state index contributed by atoms with van der Waals surface area (Å²) in [7, 11) is 0. The van der Waals surface area contributed by atoms with Crippen molar-refractivity contribution in [3.05, 3.63) is 101 Å². The Hall–Kier alpha value is -4.21. The van der Waals surface area contributed by atoms with Crippen LogP contribution in [0.3, 0.4) is 0 Å². The molecule has 3 aromatic carbocycles. The summed E-state index contributed by atoms with van der Waals surface area (Å²) in [6.45, 7) is 11.2. The fraction of sp³-hybridized carbons (Fsp3) is 0.450. The largest absolute Gasteiger partial charge is 0.465 e. The molecule has 0 radical (unpaired) electrons. The number of carbonyl (C=O) groups is 2. The summed E-state index contributed by atoms with van der Waals surface area (Å²) in [5.74, 6) is -4.78. The molecule has 5 nitrogen and oxygen atoms in total. The van der Waals surface area contributed by atoms with E-state index in [1.165, 1.54) is 24.3 Å². The highest BCUT2D eigenvalue weighted by Gasteiger charge is 2.41. The van der Waals surface area contributed by atoms with Crippen molar-refractivity contribution >= 4 is 11.9 Å². The Kier molecular flexibility index (Phi) is 15.0. The van der Waals surface area contributed by atoms with E-state index in [0.717, 1.165) is 56.9 Å². The molecule has 0 atom stereocenters. The molecular formula is C40H47F5O5. The van der Waals surface area contributed by atoms with Crippen LogP contribution in [0, 0.1) is 22.9 Å². The number of ether oxygens (including phenoxy) is 3. The molecule has 0 saturated carbocycles. The van der Waals surface area contributed by atoms with Gasteiger partial charge in [-0.25, -0.2) is 18.0 Å². The molecule has 0 aliphatic heterocycles. The van der Waals surface area contributed by atoms with Crippen molar-refractivity contribution in [3.8, 4) is 16.9 Å². The lowest BCUT2D eigenvalue weighted by Gasteiger charge is -2.20. The third kappa shape index (κ3) is 12.6. The van der Waals surface area contributed by atoms with Gasteiger partial charge in [-0.05, 0) is 113 Å². The number of alkyl halides is 2. The first-order valence-corrected chi connectivity index (χ1v) is 17.0. The normalized spacial score (nSPS) is 11.7. The van der Waals surface area contributed by atoms with Crippen molar-refractivity contribution in [2.45, 2.75) is 98.0 Å². The summed E-state index contributed by atoms with van der Waals surface area (Å²) < 4.78 is 90.1. The molecule has 50 heavy (non-hydrogen) atoms. The second kappa shape index (κ2) is 18.7. The first-order chi connectivity index (χ1) is 23.6. The Balaban J connectivity index is 1.50. The Morgan fingerprint density at radius 1 is 0.680 bits per heavy atom. The lowest BCUT2D eigenvalue weighted by atomic mass is 9.97. The van der Waals surface area contributed by atoms with Gasteiger partial charge in [0.05, 0.1) is 18.6 Å². The van der Waals surface area contributed by atoms with E-state index in [-0.39, 0.29) is 22.8 Å². The van der Waals surface area contributed by atoms with Crippen molar-refractivity contribution < 1.29 is 45.8 Å². The first-order valence-electron chi connectivity index (χ1n) is 17.0. The second-order valence-corrected chi connectivity index (χ2v) is 13.5. The number of hydrogen-bond donors (Lipinski definition) is 0. The smallest absolute Gasteiger partial charge is 0.432 e. The van der Waals surface area contributed by atoms with E-state index in [4.69, 9.17) is 14.2 Å². The zero-order valence-corrected chi connectivity index (χ0v) is 29.3. The first kappa shape index (κ1) is 40.2. The van der Waals surface area contributed by atoms with Crippen LogP contribution in [-0.4, -0.2) is 25.2 Å². The Morgan fingerprint density at radius 3 is 1.74 bits per heavy atom. The van der Waals surface area contributed by atoms with Crippen molar-refractivity contribution in [2.24, 2.45) is 5.41 Å². The SMILES string of the molecule is C=C(C)C(=O)OCCCCCCc1ccc(OC(F)(F)c2c(F)cc(-c3ccc(CCCCCCOC(=O)C(C)(C)C)cc3F)cc2F)cc1. The van der Waals surface area contributed by atoms with E-state index < -0.39 is 40.5 Å². The predicted molar refractivity (Wildman–Crippen MR) is 183 cm³/mol. The lowest BCUT2D eigenvalue weighted by molar-refractivity contribution is -0.189. The minimum Gasteiger partial charge on any atom is -0.465 e. The number of esters is 2. The highest BCUT2D eigenvalue weighted by Crippen LogP contribution is 2.37. The maximum absolute atomic E-state index is 15.0. The molecule has 0 spiro atoms. The molecule has 0 aromatic heterocycles. The van der Waals surface area contributed by atoms with Gasteiger partial charge < -0.3 is 14.2 Å². The van der Waals surface area contributed by atoms with E-state index >= 15 is 22.0 Å². The standard InChI is InChI=1S/C40H47F5O5/c1-27(2)37(46)48-22-12-8-6-10-14-28-16-19-31(20-17-28)50-40(44,45)36-34(42)25-30(26-35(36)43)32-21-18-29(24-33(32)41)15-11-7-9-13-23-49-38(47)39(3,4)5/h16-21,24-26H,1,6-15,22-23H2,2-5H3. The molecule has 0 saturated heterocycles. The van der Waals surface area contributed by atoms with Gasteiger partial charge in [-0.15, -0.1) is 0 Å². The van der Waals surface area contributed by atoms with Crippen LogP contribution in [0.5, 0.6) is 5.75 Å². The number of carbonyl (C=O) groups excluding carboxylic acids is 2. The third-order valence-electron chi connectivity index (χ3n) is 7.99. The van der Waals surface area contributed by atoms with Gasteiger partial charge in [-0.3, -0.25) is 4.79 Å². The van der Waals surface area contributed by atoms with Crippen LogP contribution in [0.1, 0.15) is 95.8 Å². The van der Waals surface area contributed by atoms with Gasteiger partial charge in [0.2, 0.25) is 0 Å². The van der Waals surface area contributed by atoms with E-state index in [1.807, 2.05) is 0 Å². The number of unbranched alkanes of at least 4 members (excludes halogenated alkanes) is 6. The average Bonchev–Trinajstić information content (AvgIpc) is 3.03. The third-order valence-corrected chi connectivity index (χ3v) is 7.99. The number of hydrogen-bond acceptors (Lipinski definition) is 5. The van der Waals surface area contributed by atoms with Crippen LogP contribution in [0.25, 0.3) is 11.1 Å². The van der Waals surface area contributed by atoms with Crippen LogP contribution in [-0.2, 0) is 38.0 Å². The quantitative estimate of drug-likeness (QED) is 0.0539. The van der Waals surface area contributed by atoms with E-state index in [0.29, 0.717) is 49.3 Å². The summed E-state index contributed by atoms with van der Waals surface area (Å²) in [4.78, 5) is 23.2. The van der Waals surface area contributed by atoms with Gasteiger partial charge in [-0.1, -0.05) is 56.5 Å². The summed E-state index contributed by atoms with van der Waals surface area (Å²) in [6, 6.07) is 11.5. The average molecular weight is 703 g/mol. The summed E-state index contributed by atoms with van der Waals surface area (Å²) in [6.07, 6.45) is 3.36. The molecule has 0 N–H and O–H groups in total. The number of halogens is 5. The van der Waals surface area contributed by atoms with Gasteiger partial charge >= 0.3 is 18.0 Å². The Labute approximate surface area is 291 Å². The predicted octanol–water partition coefficient (Wildman–Crippen LogP) is 10.8. The molecule has 0 bridgehead atoms. The molecule has 0 aliphatic carbocycles. The number of aryl methyl sites for hydroxylation is 2. The van der Waals surface area contributed by atoms with E-state index in [1.54, 1.807) is 45.9 Å². The molecule has 3 rings (SSSR count). The molecule has 0 unspecified atom stereocenters. The highest BCUT2D eigenvalue weighted by molar-refractivity contribution is 5.86. The summed E-state index contributed by atoms with van der Waals surface area (Å²) >= 11 is 0. The molecule has 3 aromatic rings. The monoisotopic (exact) mass is 702 g/mol. The molecular weight excluding hydrogens is 655 g/mol. The summed E-state index contributed by atoms with van der Waals surface area (Å²) in [5.41, 5.74) is -0.529. The highest BCUT2D eigenvalue weighted by atomic mass is 19.3. The van der Waals surface area contributed by atoms with E-state index in [9.17, 15) is 9.59 Å². The topological polar surface area (TPSA) is 61.8 Å². The van der Waals surface area contributed by atoms with Crippen LogP contribution in [0.15, 0.2) is 66.7 Å². The fourth-order valence-corrected chi connectivity index (χ4v) is 5.12. The van der Waals surface area contributed by atoms with Crippen LogP contribution in [0.4, 0.5) is 22.0 Å². The van der Waals surface area contributed by atoms with Crippen molar-refractivity contribution in [2.75, 3.05) is 13.2 Å². The number of benzene rings is 3. The Morgan fingerprint density at radius 2 is 1.20 bits per heavy atom. The zero-order valence-electron chi connectivity index (χ0n) is 29.3. The Bertz CT molecular complexity index is 1570. The fourth-order valence-electron chi connectivity index (χ4n) is 5.12. The number of rotatable bonds is 19. The maximum Gasteiger partial charge on any atom is 0.432 e. The molecule has 10 heteroatoms. The van der Waals surface area contributed by atoms with Gasteiger partial charge in [0, 0.05) is 11.1 Å². The van der Waals surface area contributed by atoms with Crippen LogP contribution < -0.4 is 4.74 Å². The minimum absolute atomic E-state index is 0.121. The molecule has 0 amide bonds. The van der Waals surface area contributed by atoms with Crippen molar-refractivity contribution in [1.82, 2.24) is 0 Å². The van der Waals surface area contributed by atoms with E-state index in [2.05, 4.69) is 6.58 Å². The summed E-state index contributed by atoms with van der Waals surface area (Å²) in [5, 5.41) is 0. The molecule has 0 aliphatic rings. The molecule has 0 fully saturated rings. The molecule has 0 heterocycles. The van der Waals surface area contributed by atoms with Gasteiger partial charge in [0.1, 0.15) is 28.8 Å². The zero-order chi connectivity index (χ0) is 36.9. The van der Waals surface area contributed by atoms with Crippen molar-refractivity contribution in [3.63, 3.8) is 0 Å². The van der Waals surface area contributed by atoms with Crippen LogP contribution in [0.2, 0.25) is 0 Å². The van der Waals surface area contributed by atoms with Crippen LogP contribution >= 0.6 is 0 Å². The van der Waals surface area contributed by atoms with Gasteiger partial charge in [0.15, 0.2) is 0 Å². The van der Waals surface area contributed by atoms with Gasteiger partial charge in [0.25, 0.3) is 0 Å². The second-order valence-electron chi connectivity index (χ2n) is 13.5. The minimum atomic E-state index is -4.33. The van der Waals surface area contributed by atoms with Crippen molar-refractivity contribution in [1.29, 1.82) is 0 Å². The van der Waals surface area contributed by atoms with Gasteiger partial charge in [-0.2, -0.15) is 8.78 Å². The molecule has 272 valence electrons. The lowest BCUT2D eigenvalue weighted by Crippen LogP contribution is -2.25. The maximum atomic E-state index is 15.0.